The highest BCUT2D eigenvalue weighted by Gasteiger charge is 2.14. The number of thiophene rings is 1. The number of hydrogen-bond donors (Lipinski definition) is 3. The fraction of sp³-hybridized carbons (Fsp3) is 0.267. The fourth-order valence-electron chi connectivity index (χ4n) is 2.04. The number of nitrogen functional groups attached to an aromatic ring is 1. The van der Waals surface area contributed by atoms with Gasteiger partial charge in [0.05, 0.1) is 6.04 Å². The Morgan fingerprint density at radius 2 is 2.00 bits per heavy atom. The summed E-state index contributed by atoms with van der Waals surface area (Å²) in [6.07, 6.45) is 0. The number of benzene rings is 1. The van der Waals surface area contributed by atoms with Crippen molar-refractivity contribution in [3.05, 3.63) is 51.2 Å². The normalized spacial score (nSPS) is 12.0. The summed E-state index contributed by atoms with van der Waals surface area (Å²) in [6, 6.07) is 9.56. The number of aryl methyl sites for hydroxylation is 2. The third-order valence-electron chi connectivity index (χ3n) is 3.17. The molecule has 0 radical (unpaired) electrons. The molecule has 0 aliphatic carbocycles. The molecular formula is C15H19N3OS. The Labute approximate surface area is 123 Å². The molecule has 2 aromatic rings. The second-order valence-electron chi connectivity index (χ2n) is 4.82. The van der Waals surface area contributed by atoms with Gasteiger partial charge in [0.15, 0.2) is 0 Å². The lowest BCUT2D eigenvalue weighted by Crippen LogP contribution is -2.26. The van der Waals surface area contributed by atoms with Gasteiger partial charge in [-0.3, -0.25) is 10.6 Å². The van der Waals surface area contributed by atoms with E-state index in [1.165, 1.54) is 4.88 Å². The predicted molar refractivity (Wildman–Crippen MR) is 83.9 cm³/mol. The number of amides is 1. The number of carbonyl (C=O) groups excluding carboxylic acids is 1. The van der Waals surface area contributed by atoms with Crippen molar-refractivity contribution in [3.8, 4) is 0 Å². The third-order valence-corrected chi connectivity index (χ3v) is 4.36. The molecule has 1 unspecified atom stereocenters. The SMILES string of the molecule is Cc1ccc(C(C)NC(=O)c2ccc(NN)cc2C)s1. The zero-order valence-corrected chi connectivity index (χ0v) is 12.7. The van der Waals surface area contributed by atoms with E-state index in [0.717, 1.165) is 16.1 Å². The number of anilines is 1. The minimum absolute atomic E-state index is 0.00732. The molecule has 0 fully saturated rings. The number of rotatable bonds is 4. The van der Waals surface area contributed by atoms with Crippen LogP contribution < -0.4 is 16.6 Å². The van der Waals surface area contributed by atoms with Gasteiger partial charge >= 0.3 is 0 Å². The molecule has 20 heavy (non-hydrogen) atoms. The standard InChI is InChI=1S/C15H19N3OS/c1-9-8-12(18-16)5-6-13(9)15(19)17-11(3)14-7-4-10(2)20-14/h4-8,11,18H,16H2,1-3H3,(H,17,19). The lowest BCUT2D eigenvalue weighted by molar-refractivity contribution is 0.0940. The maximum absolute atomic E-state index is 12.3. The van der Waals surface area contributed by atoms with Crippen LogP contribution in [0.25, 0.3) is 0 Å². The molecule has 0 spiro atoms. The van der Waals surface area contributed by atoms with Crippen LogP contribution in [0.1, 0.15) is 38.6 Å². The van der Waals surface area contributed by atoms with Gasteiger partial charge in [0.2, 0.25) is 0 Å². The number of hydrazine groups is 1. The molecule has 4 nitrogen and oxygen atoms in total. The van der Waals surface area contributed by atoms with E-state index in [2.05, 4.69) is 29.8 Å². The molecule has 0 bridgehead atoms. The van der Waals surface area contributed by atoms with Crippen molar-refractivity contribution in [2.45, 2.75) is 26.8 Å². The summed E-state index contributed by atoms with van der Waals surface area (Å²) in [7, 11) is 0. The van der Waals surface area contributed by atoms with Crippen molar-refractivity contribution in [2.75, 3.05) is 5.43 Å². The van der Waals surface area contributed by atoms with E-state index in [-0.39, 0.29) is 11.9 Å². The van der Waals surface area contributed by atoms with E-state index in [1.807, 2.05) is 19.9 Å². The molecule has 5 heteroatoms. The number of carbonyl (C=O) groups is 1. The van der Waals surface area contributed by atoms with Gasteiger partial charge in [-0.1, -0.05) is 0 Å². The van der Waals surface area contributed by atoms with Gasteiger partial charge in [0.25, 0.3) is 5.91 Å². The average molecular weight is 289 g/mol. The van der Waals surface area contributed by atoms with Crippen LogP contribution in [0.2, 0.25) is 0 Å². The van der Waals surface area contributed by atoms with Crippen LogP contribution in [0.3, 0.4) is 0 Å². The zero-order valence-electron chi connectivity index (χ0n) is 11.9. The number of nitrogens with two attached hydrogens (primary N) is 1. The summed E-state index contributed by atoms with van der Waals surface area (Å²) in [5.74, 6) is 5.29. The summed E-state index contributed by atoms with van der Waals surface area (Å²) in [6.45, 7) is 5.95. The Morgan fingerprint density at radius 1 is 1.25 bits per heavy atom. The first-order valence-electron chi connectivity index (χ1n) is 6.45. The Kier molecular flexibility index (Phi) is 4.42. The van der Waals surface area contributed by atoms with E-state index in [9.17, 15) is 4.79 Å². The summed E-state index contributed by atoms with van der Waals surface area (Å²) in [5.41, 5.74) is 4.93. The van der Waals surface area contributed by atoms with Crippen LogP contribution >= 0.6 is 11.3 Å². The highest BCUT2D eigenvalue weighted by atomic mass is 32.1. The second kappa shape index (κ2) is 6.07. The fourth-order valence-corrected chi connectivity index (χ4v) is 2.92. The Hall–Kier alpha value is -1.85. The summed E-state index contributed by atoms with van der Waals surface area (Å²) < 4.78 is 0. The quantitative estimate of drug-likeness (QED) is 0.598. The first-order valence-corrected chi connectivity index (χ1v) is 7.27. The monoisotopic (exact) mass is 289 g/mol. The molecule has 106 valence electrons. The molecule has 0 aliphatic heterocycles. The molecule has 1 aromatic heterocycles. The van der Waals surface area contributed by atoms with Crippen LogP contribution in [0, 0.1) is 13.8 Å². The highest BCUT2D eigenvalue weighted by molar-refractivity contribution is 7.12. The van der Waals surface area contributed by atoms with Crippen molar-refractivity contribution >= 4 is 22.9 Å². The minimum atomic E-state index is -0.0652. The molecule has 2 rings (SSSR count). The summed E-state index contributed by atoms with van der Waals surface area (Å²) >= 11 is 1.70. The lowest BCUT2D eigenvalue weighted by Gasteiger charge is -2.14. The Balaban J connectivity index is 2.12. The minimum Gasteiger partial charge on any atom is -0.345 e. The van der Waals surface area contributed by atoms with E-state index < -0.39 is 0 Å². The van der Waals surface area contributed by atoms with Gasteiger partial charge in [0.1, 0.15) is 0 Å². The average Bonchev–Trinajstić information content (AvgIpc) is 2.85. The van der Waals surface area contributed by atoms with E-state index in [0.29, 0.717) is 5.56 Å². The molecular weight excluding hydrogens is 270 g/mol. The van der Waals surface area contributed by atoms with E-state index >= 15 is 0 Å². The molecule has 1 aromatic carbocycles. The Morgan fingerprint density at radius 3 is 2.55 bits per heavy atom. The van der Waals surface area contributed by atoms with E-state index in [4.69, 9.17) is 5.84 Å². The predicted octanol–water partition coefficient (Wildman–Crippen LogP) is 3.14. The van der Waals surface area contributed by atoms with Crippen LogP contribution in [0.15, 0.2) is 30.3 Å². The first kappa shape index (κ1) is 14.6. The van der Waals surface area contributed by atoms with Crippen LogP contribution in [-0.2, 0) is 0 Å². The van der Waals surface area contributed by atoms with Crippen molar-refractivity contribution in [3.63, 3.8) is 0 Å². The van der Waals surface area contributed by atoms with E-state index in [1.54, 1.807) is 23.5 Å². The van der Waals surface area contributed by atoms with Gasteiger partial charge in [0, 0.05) is 21.0 Å². The summed E-state index contributed by atoms with van der Waals surface area (Å²) in [4.78, 5) is 14.7. The van der Waals surface area contributed by atoms with Crippen molar-refractivity contribution < 1.29 is 4.79 Å². The van der Waals surface area contributed by atoms with Crippen LogP contribution in [-0.4, -0.2) is 5.91 Å². The van der Waals surface area contributed by atoms with Gasteiger partial charge in [-0.25, -0.2) is 0 Å². The summed E-state index contributed by atoms with van der Waals surface area (Å²) in [5, 5.41) is 3.02. The lowest BCUT2D eigenvalue weighted by atomic mass is 10.1. The molecule has 0 aliphatic rings. The number of nitrogens with one attached hydrogen (secondary N) is 2. The van der Waals surface area contributed by atoms with Gasteiger partial charge in [-0.15, -0.1) is 11.3 Å². The maximum atomic E-state index is 12.3. The van der Waals surface area contributed by atoms with Gasteiger partial charge in [-0.2, -0.15) is 0 Å². The Bertz CT molecular complexity index is 621. The van der Waals surface area contributed by atoms with Crippen molar-refractivity contribution in [1.29, 1.82) is 0 Å². The van der Waals surface area contributed by atoms with Crippen molar-refractivity contribution in [2.24, 2.45) is 5.84 Å². The topological polar surface area (TPSA) is 67.2 Å². The van der Waals surface area contributed by atoms with Crippen LogP contribution in [0.5, 0.6) is 0 Å². The maximum Gasteiger partial charge on any atom is 0.252 e. The first-order chi connectivity index (χ1) is 9.51. The third kappa shape index (κ3) is 3.18. The van der Waals surface area contributed by atoms with Crippen LogP contribution in [0.4, 0.5) is 5.69 Å². The van der Waals surface area contributed by atoms with Gasteiger partial charge < -0.3 is 10.7 Å². The molecule has 4 N–H and O–H groups in total. The molecule has 0 saturated heterocycles. The number of hydrogen-bond acceptors (Lipinski definition) is 4. The largest absolute Gasteiger partial charge is 0.345 e. The van der Waals surface area contributed by atoms with Gasteiger partial charge in [-0.05, 0) is 56.7 Å². The molecule has 1 atom stereocenters. The zero-order chi connectivity index (χ0) is 14.7. The molecule has 1 heterocycles. The second-order valence-corrected chi connectivity index (χ2v) is 6.14. The van der Waals surface area contributed by atoms with Crippen molar-refractivity contribution in [1.82, 2.24) is 5.32 Å². The molecule has 1 amide bonds. The highest BCUT2D eigenvalue weighted by Crippen LogP contribution is 2.23. The smallest absolute Gasteiger partial charge is 0.252 e. The molecule has 0 saturated carbocycles.